The number of benzene rings is 2. The van der Waals surface area contributed by atoms with E-state index in [9.17, 15) is 4.79 Å². The minimum Gasteiger partial charge on any atom is -0.457 e. The first-order valence-corrected chi connectivity index (χ1v) is 5.11. The molecule has 2 aromatic rings. The van der Waals surface area contributed by atoms with Gasteiger partial charge in [-0.25, -0.2) is 0 Å². The van der Waals surface area contributed by atoms with E-state index in [1.165, 1.54) is 0 Å². The van der Waals surface area contributed by atoms with E-state index in [1.807, 2.05) is 6.07 Å². The number of nitrogens with one attached hydrogen (secondary N) is 1. The van der Waals surface area contributed by atoms with Crippen molar-refractivity contribution < 1.29 is 9.53 Å². The standard InChI is InChI=1S/C13H12N2O2/c14-10-4-6-12(7-5-10)17-13-3-1-2-11(8-13)15-9-16/h1-9H,14H2,(H,15,16). The van der Waals surface area contributed by atoms with Crippen LogP contribution >= 0.6 is 0 Å². The molecule has 2 rings (SSSR count). The zero-order valence-electron chi connectivity index (χ0n) is 9.09. The molecule has 0 saturated heterocycles. The largest absolute Gasteiger partial charge is 0.457 e. The van der Waals surface area contributed by atoms with Crippen LogP contribution < -0.4 is 15.8 Å². The van der Waals surface area contributed by atoms with Crippen molar-refractivity contribution in [2.24, 2.45) is 0 Å². The number of carbonyl (C=O) groups is 1. The van der Waals surface area contributed by atoms with Crippen LogP contribution in [0, 0.1) is 0 Å². The molecule has 0 aliphatic rings. The molecule has 0 aliphatic carbocycles. The summed E-state index contributed by atoms with van der Waals surface area (Å²) in [5.74, 6) is 1.35. The Kier molecular flexibility index (Phi) is 3.25. The second-order valence-corrected chi connectivity index (χ2v) is 3.46. The molecule has 0 fully saturated rings. The first kappa shape index (κ1) is 11.0. The van der Waals surface area contributed by atoms with Gasteiger partial charge in [-0.1, -0.05) is 6.07 Å². The summed E-state index contributed by atoms with van der Waals surface area (Å²) >= 11 is 0. The van der Waals surface area contributed by atoms with Crippen molar-refractivity contribution in [1.29, 1.82) is 0 Å². The number of nitrogen functional groups attached to an aromatic ring is 1. The van der Waals surface area contributed by atoms with Gasteiger partial charge >= 0.3 is 0 Å². The summed E-state index contributed by atoms with van der Waals surface area (Å²) in [6, 6.07) is 14.2. The van der Waals surface area contributed by atoms with Crippen LogP contribution in [0.1, 0.15) is 0 Å². The Bertz CT molecular complexity index is 509. The van der Waals surface area contributed by atoms with E-state index in [0.29, 0.717) is 29.3 Å². The number of amides is 1. The summed E-state index contributed by atoms with van der Waals surface area (Å²) in [7, 11) is 0. The molecule has 0 saturated carbocycles. The van der Waals surface area contributed by atoms with Gasteiger partial charge in [-0.15, -0.1) is 0 Å². The Morgan fingerprint density at radius 1 is 1.06 bits per heavy atom. The zero-order valence-corrected chi connectivity index (χ0v) is 9.09. The number of hydrogen-bond acceptors (Lipinski definition) is 3. The van der Waals surface area contributed by atoms with Gasteiger partial charge in [-0.05, 0) is 36.4 Å². The first-order valence-electron chi connectivity index (χ1n) is 5.11. The van der Waals surface area contributed by atoms with Gasteiger partial charge in [0.05, 0.1) is 0 Å². The van der Waals surface area contributed by atoms with Gasteiger partial charge in [0.25, 0.3) is 0 Å². The Morgan fingerprint density at radius 3 is 2.53 bits per heavy atom. The highest BCUT2D eigenvalue weighted by molar-refractivity contribution is 5.71. The molecule has 17 heavy (non-hydrogen) atoms. The second-order valence-electron chi connectivity index (χ2n) is 3.46. The van der Waals surface area contributed by atoms with Crippen LogP contribution in [-0.4, -0.2) is 6.41 Å². The molecule has 4 nitrogen and oxygen atoms in total. The Balaban J connectivity index is 2.15. The minimum atomic E-state index is 0.627. The van der Waals surface area contributed by atoms with Crippen molar-refractivity contribution in [3.05, 3.63) is 48.5 Å². The summed E-state index contributed by atoms with van der Waals surface area (Å²) in [5, 5.41) is 2.56. The molecule has 0 spiro atoms. The fraction of sp³-hybridized carbons (Fsp3) is 0. The molecule has 0 aromatic heterocycles. The lowest BCUT2D eigenvalue weighted by Gasteiger charge is -2.07. The van der Waals surface area contributed by atoms with Crippen molar-refractivity contribution in [3.8, 4) is 11.5 Å². The monoisotopic (exact) mass is 228 g/mol. The van der Waals surface area contributed by atoms with Crippen molar-refractivity contribution in [1.82, 2.24) is 0 Å². The highest BCUT2D eigenvalue weighted by atomic mass is 16.5. The predicted molar refractivity (Wildman–Crippen MR) is 67.1 cm³/mol. The smallest absolute Gasteiger partial charge is 0.211 e. The van der Waals surface area contributed by atoms with E-state index in [1.54, 1.807) is 42.5 Å². The lowest BCUT2D eigenvalue weighted by atomic mass is 10.3. The maximum absolute atomic E-state index is 10.3. The molecule has 0 aliphatic heterocycles. The third kappa shape index (κ3) is 2.98. The molecule has 4 heteroatoms. The minimum absolute atomic E-state index is 0.627. The lowest BCUT2D eigenvalue weighted by Crippen LogP contribution is -1.93. The zero-order chi connectivity index (χ0) is 12.1. The first-order chi connectivity index (χ1) is 8.28. The van der Waals surface area contributed by atoms with Gasteiger partial charge in [0.15, 0.2) is 0 Å². The second kappa shape index (κ2) is 5.03. The normalized spacial score (nSPS) is 9.65. The highest BCUT2D eigenvalue weighted by Crippen LogP contribution is 2.24. The maximum atomic E-state index is 10.3. The van der Waals surface area contributed by atoms with Gasteiger partial charge < -0.3 is 15.8 Å². The molecule has 3 N–H and O–H groups in total. The van der Waals surface area contributed by atoms with Crippen LogP contribution in [0.3, 0.4) is 0 Å². The lowest BCUT2D eigenvalue weighted by molar-refractivity contribution is -0.105. The fourth-order valence-corrected chi connectivity index (χ4v) is 1.39. The van der Waals surface area contributed by atoms with E-state index in [4.69, 9.17) is 10.5 Å². The predicted octanol–water partition coefficient (Wildman–Crippen LogP) is 2.63. The topological polar surface area (TPSA) is 64.3 Å². The summed E-state index contributed by atoms with van der Waals surface area (Å²) < 4.78 is 5.61. The molecule has 86 valence electrons. The van der Waals surface area contributed by atoms with Gasteiger partial charge in [0.2, 0.25) is 6.41 Å². The van der Waals surface area contributed by atoms with Crippen LogP contribution in [0.2, 0.25) is 0 Å². The Morgan fingerprint density at radius 2 is 1.82 bits per heavy atom. The van der Waals surface area contributed by atoms with Crippen LogP contribution in [0.25, 0.3) is 0 Å². The summed E-state index contributed by atoms with van der Waals surface area (Å²) in [5.41, 5.74) is 6.96. The molecule has 0 unspecified atom stereocenters. The Labute approximate surface area is 99.0 Å². The van der Waals surface area contributed by atoms with Crippen LogP contribution in [0.5, 0.6) is 11.5 Å². The molecule has 0 radical (unpaired) electrons. The van der Waals surface area contributed by atoms with Crippen molar-refractivity contribution in [2.45, 2.75) is 0 Å². The molecular formula is C13H12N2O2. The number of nitrogens with two attached hydrogens (primary N) is 1. The summed E-state index contributed by atoms with van der Waals surface area (Å²) in [6.07, 6.45) is 0.627. The average Bonchev–Trinajstić information content (AvgIpc) is 2.33. The summed E-state index contributed by atoms with van der Waals surface area (Å²) in [6.45, 7) is 0. The van der Waals surface area contributed by atoms with Crippen molar-refractivity contribution in [3.63, 3.8) is 0 Å². The van der Waals surface area contributed by atoms with Crippen LogP contribution in [0.4, 0.5) is 11.4 Å². The molecule has 0 heterocycles. The van der Waals surface area contributed by atoms with Gasteiger partial charge in [-0.3, -0.25) is 4.79 Å². The average molecular weight is 228 g/mol. The van der Waals surface area contributed by atoms with Crippen molar-refractivity contribution >= 4 is 17.8 Å². The van der Waals surface area contributed by atoms with Crippen LogP contribution in [0.15, 0.2) is 48.5 Å². The third-order valence-electron chi connectivity index (χ3n) is 2.18. The fourth-order valence-electron chi connectivity index (χ4n) is 1.39. The molecular weight excluding hydrogens is 216 g/mol. The van der Waals surface area contributed by atoms with Gasteiger partial charge in [0, 0.05) is 17.4 Å². The quantitative estimate of drug-likeness (QED) is 0.624. The van der Waals surface area contributed by atoms with Gasteiger partial charge in [0.1, 0.15) is 11.5 Å². The summed E-state index contributed by atoms with van der Waals surface area (Å²) in [4.78, 5) is 10.3. The van der Waals surface area contributed by atoms with E-state index < -0.39 is 0 Å². The molecule has 2 aromatic carbocycles. The third-order valence-corrected chi connectivity index (χ3v) is 2.18. The van der Waals surface area contributed by atoms with Crippen LogP contribution in [-0.2, 0) is 4.79 Å². The number of carbonyl (C=O) groups excluding carboxylic acids is 1. The number of ether oxygens (including phenoxy) is 1. The maximum Gasteiger partial charge on any atom is 0.211 e. The molecule has 1 amide bonds. The van der Waals surface area contributed by atoms with E-state index >= 15 is 0 Å². The van der Waals surface area contributed by atoms with Crippen molar-refractivity contribution in [2.75, 3.05) is 11.1 Å². The highest BCUT2D eigenvalue weighted by Gasteiger charge is 1.98. The molecule has 0 bridgehead atoms. The van der Waals surface area contributed by atoms with Gasteiger partial charge in [-0.2, -0.15) is 0 Å². The van der Waals surface area contributed by atoms with E-state index in [0.717, 1.165) is 0 Å². The number of hydrogen-bond donors (Lipinski definition) is 2. The number of anilines is 2. The van der Waals surface area contributed by atoms with E-state index in [-0.39, 0.29) is 0 Å². The SMILES string of the molecule is Nc1ccc(Oc2cccc(NC=O)c2)cc1. The van der Waals surface area contributed by atoms with E-state index in [2.05, 4.69) is 5.32 Å². The molecule has 0 atom stereocenters. The number of rotatable bonds is 4. The Hall–Kier alpha value is -2.49.